The van der Waals surface area contributed by atoms with Crippen LogP contribution in [0.5, 0.6) is 11.5 Å². The van der Waals surface area contributed by atoms with Gasteiger partial charge in [0.05, 0.1) is 30.0 Å². The number of hydrogen-bond acceptors (Lipinski definition) is 4. The molecule has 0 aliphatic carbocycles. The van der Waals surface area contributed by atoms with Crippen molar-refractivity contribution in [1.29, 1.82) is 0 Å². The normalized spacial score (nSPS) is 9.75. The molecule has 1 rings (SSSR count). The molecule has 0 aliphatic heterocycles. The van der Waals surface area contributed by atoms with Gasteiger partial charge in [0.25, 0.3) is 0 Å². The molecule has 1 aromatic rings. The number of rotatable bonds is 4. The smallest absolute Gasteiger partial charge is 0.339 e. The van der Waals surface area contributed by atoms with Crippen LogP contribution >= 0.6 is 22.6 Å². The summed E-state index contributed by atoms with van der Waals surface area (Å²) in [5, 5.41) is 0. The maximum absolute atomic E-state index is 11.7. The number of carbonyl (C=O) groups is 1. The number of methoxy groups -OCH3 is 2. The lowest BCUT2D eigenvalue weighted by Gasteiger charge is -2.10. The molecule has 0 aliphatic rings. The minimum absolute atomic E-state index is 0.342. The molecule has 0 spiro atoms. The molecule has 88 valence electrons. The van der Waals surface area contributed by atoms with E-state index in [0.717, 1.165) is 3.57 Å². The minimum atomic E-state index is -0.371. The van der Waals surface area contributed by atoms with Gasteiger partial charge >= 0.3 is 5.97 Å². The molecular formula is C11H13IO4. The van der Waals surface area contributed by atoms with Gasteiger partial charge in [-0.3, -0.25) is 0 Å². The van der Waals surface area contributed by atoms with Crippen molar-refractivity contribution in [3.8, 4) is 11.5 Å². The Morgan fingerprint density at radius 1 is 1.31 bits per heavy atom. The van der Waals surface area contributed by atoms with Crippen molar-refractivity contribution in [1.82, 2.24) is 0 Å². The number of halogens is 1. The summed E-state index contributed by atoms with van der Waals surface area (Å²) in [5.41, 5.74) is 0.457. The molecule has 0 unspecified atom stereocenters. The van der Waals surface area contributed by atoms with Crippen molar-refractivity contribution < 1.29 is 19.0 Å². The first-order valence-electron chi connectivity index (χ1n) is 4.72. The fourth-order valence-corrected chi connectivity index (χ4v) is 1.95. The summed E-state index contributed by atoms with van der Waals surface area (Å²) in [7, 11) is 3.09. The van der Waals surface area contributed by atoms with Crippen LogP contribution in [-0.4, -0.2) is 26.8 Å². The topological polar surface area (TPSA) is 44.8 Å². The Morgan fingerprint density at radius 2 is 2.00 bits per heavy atom. The molecule has 0 saturated heterocycles. The first-order chi connectivity index (χ1) is 7.63. The van der Waals surface area contributed by atoms with Gasteiger partial charge in [0, 0.05) is 6.07 Å². The van der Waals surface area contributed by atoms with E-state index >= 15 is 0 Å². The predicted octanol–water partition coefficient (Wildman–Crippen LogP) is 2.49. The molecule has 0 bridgehead atoms. The van der Waals surface area contributed by atoms with Gasteiger partial charge in [0.1, 0.15) is 11.5 Å². The van der Waals surface area contributed by atoms with Crippen LogP contribution in [-0.2, 0) is 4.74 Å². The SMILES string of the molecule is CCOC(=O)c1cc(OC)cc(OC)c1I. The third-order valence-corrected chi connectivity index (χ3v) is 3.08. The zero-order valence-corrected chi connectivity index (χ0v) is 11.5. The van der Waals surface area contributed by atoms with E-state index in [1.807, 2.05) is 22.6 Å². The van der Waals surface area contributed by atoms with E-state index in [4.69, 9.17) is 14.2 Å². The van der Waals surface area contributed by atoms with E-state index in [1.165, 1.54) is 7.11 Å². The summed E-state index contributed by atoms with van der Waals surface area (Å²) < 4.78 is 15.9. The van der Waals surface area contributed by atoms with Crippen LogP contribution in [0, 0.1) is 3.57 Å². The molecule has 0 saturated carbocycles. The average Bonchev–Trinajstić information content (AvgIpc) is 2.29. The molecule has 4 nitrogen and oxygen atoms in total. The second kappa shape index (κ2) is 5.93. The highest BCUT2D eigenvalue weighted by Crippen LogP contribution is 2.30. The maximum Gasteiger partial charge on any atom is 0.339 e. The minimum Gasteiger partial charge on any atom is -0.497 e. The van der Waals surface area contributed by atoms with E-state index in [9.17, 15) is 4.79 Å². The van der Waals surface area contributed by atoms with Gasteiger partial charge in [-0.25, -0.2) is 4.79 Å². The Kier molecular flexibility index (Phi) is 4.85. The number of ether oxygens (including phenoxy) is 3. The quantitative estimate of drug-likeness (QED) is 0.626. The number of benzene rings is 1. The van der Waals surface area contributed by atoms with Gasteiger partial charge in [-0.2, -0.15) is 0 Å². The zero-order chi connectivity index (χ0) is 12.1. The Labute approximate surface area is 108 Å². The maximum atomic E-state index is 11.7. The highest BCUT2D eigenvalue weighted by Gasteiger charge is 2.16. The van der Waals surface area contributed by atoms with Gasteiger partial charge in [-0.15, -0.1) is 0 Å². The Hall–Kier alpha value is -0.980. The third kappa shape index (κ3) is 2.78. The molecule has 0 N–H and O–H groups in total. The van der Waals surface area contributed by atoms with Crippen LogP contribution in [0.1, 0.15) is 17.3 Å². The molecule has 0 amide bonds. The lowest BCUT2D eigenvalue weighted by Crippen LogP contribution is -2.08. The molecule has 0 fully saturated rings. The van der Waals surface area contributed by atoms with Crippen LogP contribution < -0.4 is 9.47 Å². The fourth-order valence-electron chi connectivity index (χ4n) is 1.20. The first-order valence-corrected chi connectivity index (χ1v) is 5.80. The molecule has 5 heteroatoms. The molecule has 0 heterocycles. The molecule has 16 heavy (non-hydrogen) atoms. The van der Waals surface area contributed by atoms with Crippen LogP contribution in [0.3, 0.4) is 0 Å². The second-order valence-electron chi connectivity index (χ2n) is 2.91. The highest BCUT2D eigenvalue weighted by molar-refractivity contribution is 14.1. The largest absolute Gasteiger partial charge is 0.497 e. The van der Waals surface area contributed by atoms with Crippen LogP contribution in [0.15, 0.2) is 12.1 Å². The number of esters is 1. The van der Waals surface area contributed by atoms with E-state index in [-0.39, 0.29) is 5.97 Å². The van der Waals surface area contributed by atoms with Crippen molar-refractivity contribution >= 4 is 28.6 Å². The standard InChI is InChI=1S/C11H13IO4/c1-4-16-11(13)8-5-7(14-2)6-9(15-3)10(8)12/h5-6H,4H2,1-3H3. The van der Waals surface area contributed by atoms with Crippen LogP contribution in [0.4, 0.5) is 0 Å². The van der Waals surface area contributed by atoms with Gasteiger partial charge in [-0.1, -0.05) is 0 Å². The predicted molar refractivity (Wildman–Crippen MR) is 68.2 cm³/mol. The summed E-state index contributed by atoms with van der Waals surface area (Å²) in [5.74, 6) is 0.799. The molecular weight excluding hydrogens is 323 g/mol. The van der Waals surface area contributed by atoms with Crippen LogP contribution in [0.2, 0.25) is 0 Å². The molecule has 0 aromatic heterocycles. The number of hydrogen-bond donors (Lipinski definition) is 0. The second-order valence-corrected chi connectivity index (χ2v) is 3.99. The van der Waals surface area contributed by atoms with Crippen molar-refractivity contribution in [2.45, 2.75) is 6.92 Å². The lowest BCUT2D eigenvalue weighted by atomic mass is 10.2. The van der Waals surface area contributed by atoms with E-state index in [0.29, 0.717) is 23.7 Å². The third-order valence-electron chi connectivity index (χ3n) is 1.96. The number of carbonyl (C=O) groups excluding carboxylic acids is 1. The highest BCUT2D eigenvalue weighted by atomic mass is 127. The van der Waals surface area contributed by atoms with Crippen LogP contribution in [0.25, 0.3) is 0 Å². The summed E-state index contributed by atoms with van der Waals surface area (Å²) in [6.07, 6.45) is 0. The summed E-state index contributed by atoms with van der Waals surface area (Å²) >= 11 is 2.05. The van der Waals surface area contributed by atoms with Gasteiger partial charge in [0.15, 0.2) is 0 Å². The van der Waals surface area contributed by atoms with E-state index in [2.05, 4.69) is 0 Å². The monoisotopic (exact) mass is 336 g/mol. The summed E-state index contributed by atoms with van der Waals surface area (Å²) in [6, 6.07) is 3.37. The Morgan fingerprint density at radius 3 is 2.50 bits per heavy atom. The average molecular weight is 336 g/mol. The zero-order valence-electron chi connectivity index (χ0n) is 9.37. The van der Waals surface area contributed by atoms with Crippen molar-refractivity contribution in [2.24, 2.45) is 0 Å². The molecule has 1 aromatic carbocycles. The van der Waals surface area contributed by atoms with Crippen molar-refractivity contribution in [2.75, 3.05) is 20.8 Å². The Balaban J connectivity index is 3.20. The van der Waals surface area contributed by atoms with Gasteiger partial charge < -0.3 is 14.2 Å². The lowest BCUT2D eigenvalue weighted by molar-refractivity contribution is 0.0524. The molecule has 0 atom stereocenters. The molecule has 0 radical (unpaired) electrons. The van der Waals surface area contributed by atoms with E-state index in [1.54, 1.807) is 26.2 Å². The van der Waals surface area contributed by atoms with E-state index < -0.39 is 0 Å². The van der Waals surface area contributed by atoms with Gasteiger partial charge in [-0.05, 0) is 35.6 Å². The van der Waals surface area contributed by atoms with Crippen molar-refractivity contribution in [3.63, 3.8) is 0 Å². The van der Waals surface area contributed by atoms with Gasteiger partial charge in [0.2, 0.25) is 0 Å². The summed E-state index contributed by atoms with van der Waals surface area (Å²) in [4.78, 5) is 11.7. The first kappa shape index (κ1) is 13.1. The summed E-state index contributed by atoms with van der Waals surface area (Å²) in [6.45, 7) is 2.11. The Bertz CT molecular complexity index is 390. The van der Waals surface area contributed by atoms with Crippen molar-refractivity contribution in [3.05, 3.63) is 21.3 Å². The fraction of sp³-hybridized carbons (Fsp3) is 0.364.